The molecule has 0 N–H and O–H groups in total. The second kappa shape index (κ2) is 27.2. The lowest BCUT2D eigenvalue weighted by Crippen LogP contribution is -2.85. The van der Waals surface area contributed by atoms with Crippen molar-refractivity contribution in [3.05, 3.63) is 341 Å². The van der Waals surface area contributed by atoms with Gasteiger partial charge in [0.1, 0.15) is 0 Å². The number of rotatable bonds is 26. The molecular weight excluding hydrogens is 1090 g/mol. The van der Waals surface area contributed by atoms with Gasteiger partial charge >= 0.3 is 25.7 Å². The fraction of sp³-hybridized carbons (Fsp3) is 0.0946. The Morgan fingerprint density at radius 2 is 0.410 bits per heavy atom. The van der Waals surface area contributed by atoms with Crippen LogP contribution >= 0.6 is 0 Å². The zero-order valence-corrected chi connectivity index (χ0v) is 52.0. The van der Waals surface area contributed by atoms with Gasteiger partial charge in [0.05, 0.1) is 0 Å². The first-order valence-electron chi connectivity index (χ1n) is 29.3. The topological polar surface area (TPSA) is 36.9 Å². The molecule has 0 unspecified atom stereocenters. The maximum atomic E-state index is 9.19. The monoisotopic (exact) mass is 1160 g/mol. The lowest BCUT2D eigenvalue weighted by atomic mass is 10.1. The third kappa shape index (κ3) is 12.1. The largest absolute Gasteiger partial charge is 0.422 e. The van der Waals surface area contributed by atoms with E-state index in [0.29, 0.717) is 0 Å². The Bertz CT molecular complexity index is 3400. The van der Waals surface area contributed by atoms with E-state index in [1.165, 1.54) is 10.4 Å². The highest BCUT2D eigenvalue weighted by molar-refractivity contribution is 7.17. The van der Waals surface area contributed by atoms with E-state index >= 15 is 0 Å². The summed E-state index contributed by atoms with van der Waals surface area (Å²) < 4.78 is 36.4. The van der Waals surface area contributed by atoms with Gasteiger partial charge in [-0.25, -0.2) is 0 Å². The van der Waals surface area contributed by atoms with Crippen LogP contribution in [0, 0.1) is 6.92 Å². The van der Waals surface area contributed by atoms with Gasteiger partial charge in [0.2, 0.25) is 8.32 Å². The summed E-state index contributed by atoms with van der Waals surface area (Å²) >= 11 is 0. The summed E-state index contributed by atoms with van der Waals surface area (Å²) in [5, 5.41) is 11.5. The average molecular weight is 1160 g/mol. The first-order valence-corrected chi connectivity index (χ1v) is 38.7. The van der Waals surface area contributed by atoms with Crippen molar-refractivity contribution in [1.29, 1.82) is 0 Å². The summed E-state index contributed by atoms with van der Waals surface area (Å²) in [5.41, 5.74) is 0. The first-order chi connectivity index (χ1) is 41.0. The van der Waals surface area contributed by atoms with Gasteiger partial charge in [0.15, 0.2) is 0 Å². The highest BCUT2D eigenvalue weighted by Crippen LogP contribution is 2.31. The van der Waals surface area contributed by atoms with E-state index in [2.05, 4.69) is 341 Å². The Morgan fingerprint density at radius 1 is 0.205 bits per heavy atom. The van der Waals surface area contributed by atoms with Crippen molar-refractivity contribution in [3.63, 3.8) is 0 Å². The maximum absolute atomic E-state index is 9.19. The molecule has 0 saturated heterocycles. The molecule has 11 aromatic rings. The van der Waals surface area contributed by atoms with Crippen LogP contribution in [-0.4, -0.2) is 42.3 Å². The molecule has 0 aliphatic heterocycles. The quantitative estimate of drug-likeness (QED) is 0.0308. The highest BCUT2D eigenvalue weighted by atomic mass is 28.5. The van der Waals surface area contributed by atoms with Gasteiger partial charge in [-0.05, 0) is 63.1 Å². The summed E-state index contributed by atoms with van der Waals surface area (Å²) in [7, 11) is -20.0. The van der Waals surface area contributed by atoms with Gasteiger partial charge in [0.25, 0.3) is 8.32 Å². The minimum Gasteiger partial charge on any atom is -0.422 e. The minimum atomic E-state index is -4.40. The molecule has 11 rings (SSSR count). The molecule has 83 heavy (non-hydrogen) atoms. The van der Waals surface area contributed by atoms with Crippen molar-refractivity contribution in [3.8, 4) is 0 Å². The molecule has 0 aromatic heterocycles. The summed E-state index contributed by atoms with van der Waals surface area (Å²) in [6.07, 6.45) is 6.43. The normalized spacial score (nSPS) is 12.2. The number of hydrogen-bond acceptors (Lipinski definition) is 4. The van der Waals surface area contributed by atoms with Gasteiger partial charge in [-0.15, -0.1) is 0 Å². The van der Waals surface area contributed by atoms with Crippen LogP contribution in [0.25, 0.3) is 0 Å². The predicted octanol–water partition coefficient (Wildman–Crippen LogP) is 10.4. The van der Waals surface area contributed by atoms with Crippen LogP contribution in [0.1, 0.15) is 38.5 Å². The molecule has 0 saturated carbocycles. The number of unbranched alkanes of at least 4 members (excludes halogenated alkanes) is 5. The number of hydrogen-bond donors (Lipinski definition) is 0. The molecule has 4 nitrogen and oxygen atoms in total. The zero-order valence-electron chi connectivity index (χ0n) is 47.0. The van der Waals surface area contributed by atoms with Crippen LogP contribution in [0.15, 0.2) is 334 Å². The maximum Gasteiger partial charge on any atom is 0.390 e. The molecule has 0 heterocycles. The van der Waals surface area contributed by atoms with Crippen LogP contribution in [0.3, 0.4) is 0 Å². The molecule has 1 radical (unpaired) electrons. The Morgan fingerprint density at radius 3 is 0.675 bits per heavy atom. The van der Waals surface area contributed by atoms with Crippen LogP contribution < -0.4 is 57.1 Å². The van der Waals surface area contributed by atoms with Crippen LogP contribution in [0.2, 0.25) is 6.04 Å². The molecule has 411 valence electrons. The van der Waals surface area contributed by atoms with E-state index in [0.717, 1.165) is 91.2 Å². The van der Waals surface area contributed by atoms with Gasteiger partial charge in [-0.1, -0.05) is 379 Å². The fourth-order valence-corrected chi connectivity index (χ4v) is 39.8. The molecule has 0 spiro atoms. The highest BCUT2D eigenvalue weighted by Gasteiger charge is 2.64. The van der Waals surface area contributed by atoms with Crippen molar-refractivity contribution in [2.24, 2.45) is 0 Å². The van der Waals surface area contributed by atoms with Crippen molar-refractivity contribution >= 4 is 99.4 Å². The summed E-state index contributed by atoms with van der Waals surface area (Å²) in [6, 6.07) is 121. The van der Waals surface area contributed by atoms with Crippen molar-refractivity contribution in [2.45, 2.75) is 44.6 Å². The summed E-state index contributed by atoms with van der Waals surface area (Å²) in [6.45, 7) is 4.18. The third-order valence-electron chi connectivity index (χ3n) is 15.9. The number of benzene rings is 11. The van der Waals surface area contributed by atoms with Crippen LogP contribution in [0.4, 0.5) is 0 Å². The molecular formula is C74H71O4Si5. The van der Waals surface area contributed by atoms with Crippen LogP contribution in [-0.2, 0) is 16.5 Å². The van der Waals surface area contributed by atoms with E-state index in [1.54, 1.807) is 0 Å². The minimum absolute atomic E-state index is 0.838. The lowest BCUT2D eigenvalue weighted by molar-refractivity contribution is 0.329. The second-order valence-electron chi connectivity index (χ2n) is 21.2. The van der Waals surface area contributed by atoms with E-state index in [1.807, 2.05) is 0 Å². The van der Waals surface area contributed by atoms with Crippen molar-refractivity contribution in [2.75, 3.05) is 0 Å². The van der Waals surface area contributed by atoms with E-state index in [4.69, 9.17) is 8.23 Å². The SMILES string of the molecule is [CH2]CCCCCCC[Si](O[Si](O[Si](O[Si](O[Si](c1ccccc1)(c1ccccc1)c1ccccc1)(c1ccccc1)c1ccccc1)(c1ccccc1)c1ccccc1)(c1ccccc1)c1ccccc1)(c1ccccc1)c1ccccc1. The van der Waals surface area contributed by atoms with Crippen molar-refractivity contribution in [1.82, 2.24) is 0 Å². The smallest absolute Gasteiger partial charge is 0.390 e. The van der Waals surface area contributed by atoms with Gasteiger partial charge < -0.3 is 16.5 Å². The molecule has 0 atom stereocenters. The molecule has 0 fully saturated rings. The van der Waals surface area contributed by atoms with Gasteiger partial charge in [-0.2, -0.15) is 0 Å². The van der Waals surface area contributed by atoms with Crippen molar-refractivity contribution < 1.29 is 16.5 Å². The van der Waals surface area contributed by atoms with E-state index in [-0.39, 0.29) is 0 Å². The Balaban J connectivity index is 1.27. The third-order valence-corrected chi connectivity index (χ3v) is 39.0. The molecule has 9 heteroatoms. The molecule has 0 aliphatic carbocycles. The fourth-order valence-electron chi connectivity index (χ4n) is 11.9. The predicted molar refractivity (Wildman–Crippen MR) is 358 cm³/mol. The zero-order chi connectivity index (χ0) is 56.5. The van der Waals surface area contributed by atoms with Crippen LogP contribution in [0.5, 0.6) is 0 Å². The first kappa shape index (κ1) is 57.2. The molecule has 0 amide bonds. The average Bonchev–Trinajstić information content (AvgIpc) is 2.25. The van der Waals surface area contributed by atoms with E-state index < -0.39 is 42.3 Å². The summed E-state index contributed by atoms with van der Waals surface area (Å²) in [4.78, 5) is 0. The lowest BCUT2D eigenvalue weighted by Gasteiger charge is -2.50. The standard InChI is InChI=1S/C74H71O4Si5/c1-2-3-4-5-6-40-63-79(64-41-18-7-19-42-64,65-43-20-8-21-44-65)75-81(69-51-28-12-29-52-69,70-53-30-13-31-54-70)77-83(73-59-36-16-37-60-73,74-61-38-17-39-62-74)78-82(71-55-32-14-33-56-71,72-57-34-15-35-58-72)76-80(66-45-22-9-23-46-66,67-47-24-10-25-48-67)68-49-26-11-27-50-68/h7-39,41-62H,1-6,40,63H2. The Kier molecular flexibility index (Phi) is 18.7. The van der Waals surface area contributed by atoms with Gasteiger partial charge in [-0.3, -0.25) is 0 Å². The van der Waals surface area contributed by atoms with E-state index in [9.17, 15) is 8.23 Å². The summed E-state index contributed by atoms with van der Waals surface area (Å²) in [5.74, 6) is 0. The molecule has 11 aromatic carbocycles. The molecule has 0 bridgehead atoms. The second-order valence-corrected chi connectivity index (χ2v) is 38.0. The Hall–Kier alpha value is -7.66. The van der Waals surface area contributed by atoms with Gasteiger partial charge in [0, 0.05) is 0 Å². The Labute approximate surface area is 497 Å². The molecule has 0 aliphatic rings.